The van der Waals surface area contributed by atoms with E-state index in [1.165, 1.54) is 0 Å². The summed E-state index contributed by atoms with van der Waals surface area (Å²) in [7, 11) is -3.11. The molecule has 6 heteroatoms. The van der Waals surface area contributed by atoms with Crippen LogP contribution in [-0.2, 0) is 0 Å². The van der Waals surface area contributed by atoms with Gasteiger partial charge >= 0.3 is 148 Å². The van der Waals surface area contributed by atoms with Crippen LogP contribution < -0.4 is 0 Å². The quantitative estimate of drug-likeness (QED) is 0.265. The third-order valence-electron chi connectivity index (χ3n) is 3.59. The van der Waals surface area contributed by atoms with Crippen molar-refractivity contribution in [2.24, 2.45) is 0 Å². The van der Waals surface area contributed by atoms with Gasteiger partial charge in [-0.1, -0.05) is 41.5 Å². The van der Waals surface area contributed by atoms with Crippen LogP contribution in [0.15, 0.2) is 0 Å². The summed E-state index contributed by atoms with van der Waals surface area (Å²) in [6.45, 7) is 39.7. The molecule has 0 saturated carbocycles. The molecular weight excluding hydrogens is 602 g/mol. The van der Waals surface area contributed by atoms with Crippen LogP contribution in [0.1, 0.15) is 125 Å². The SMILES string of the molecule is CC(C)(C)[Si](O)(O)C(C)(C)C.C[C](C)(C)[Sn][C](C)(C)C.C[C](C)(C)[Sn][C](C)(C)C.O. The Morgan fingerprint density at radius 1 is 0.400 bits per heavy atom. The minimum atomic E-state index is -3.11. The normalized spacial score (nSPS) is 14.0. The third kappa shape index (κ3) is 24.3. The molecule has 3 nitrogen and oxygen atoms in total. The molecule has 0 amide bonds. The van der Waals surface area contributed by atoms with Crippen LogP contribution in [0, 0.1) is 0 Å². The number of hydrogen-bond acceptors (Lipinski definition) is 2. The Labute approximate surface area is 213 Å². The molecule has 0 unspecified atom stereocenters. The van der Waals surface area contributed by atoms with Crippen LogP contribution in [0.5, 0.6) is 0 Å². The first kappa shape index (κ1) is 38.9. The van der Waals surface area contributed by atoms with Crippen LogP contribution in [-0.4, -0.2) is 65.9 Å². The van der Waals surface area contributed by atoms with Crippen molar-refractivity contribution < 1.29 is 15.1 Å². The van der Waals surface area contributed by atoms with E-state index < -0.39 is 8.56 Å². The fourth-order valence-corrected chi connectivity index (χ4v) is 18.5. The van der Waals surface area contributed by atoms with Gasteiger partial charge in [0, 0.05) is 10.1 Å². The summed E-state index contributed by atoms with van der Waals surface area (Å²) in [5, 5.41) is -0.740. The summed E-state index contributed by atoms with van der Waals surface area (Å²) in [6.07, 6.45) is 0. The second-order valence-electron chi connectivity index (χ2n) is 14.4. The van der Waals surface area contributed by atoms with Gasteiger partial charge in [0.2, 0.25) is 0 Å². The van der Waals surface area contributed by atoms with Crippen molar-refractivity contribution in [2.75, 3.05) is 0 Å². The first-order valence-electron chi connectivity index (χ1n) is 10.9. The zero-order valence-corrected chi connectivity index (χ0v) is 30.6. The van der Waals surface area contributed by atoms with E-state index >= 15 is 0 Å². The van der Waals surface area contributed by atoms with Gasteiger partial charge in [-0.3, -0.25) is 0 Å². The maximum atomic E-state index is 9.88. The van der Waals surface area contributed by atoms with Crippen molar-refractivity contribution in [3.63, 3.8) is 0 Å². The second-order valence-corrected chi connectivity index (χ2v) is 37.3. The maximum absolute atomic E-state index is 9.88. The van der Waals surface area contributed by atoms with Gasteiger partial charge in [0.25, 0.3) is 0 Å². The summed E-state index contributed by atoms with van der Waals surface area (Å²) in [6, 6.07) is 0. The molecule has 30 heavy (non-hydrogen) atoms. The van der Waals surface area contributed by atoms with E-state index in [9.17, 15) is 9.59 Å². The average molecular weight is 660 g/mol. The standard InChI is InChI=1S/C8H20O2Si.4C4H9.H2O.2Sn/c1-7(2,3)11(9,10)8(4,5)6;4*1-4(2)3;;;/h9-10H,1-6H3;4*1-3H3;1H2;;. The monoisotopic (exact) mass is 662 g/mol. The van der Waals surface area contributed by atoms with Crippen LogP contribution in [0.3, 0.4) is 0 Å². The average Bonchev–Trinajstić information content (AvgIpc) is 2.15. The molecule has 0 aromatic heterocycles. The molecule has 4 radical (unpaired) electrons. The van der Waals surface area contributed by atoms with Gasteiger partial charge in [0.05, 0.1) is 0 Å². The summed E-state index contributed by atoms with van der Waals surface area (Å²) >= 11 is -0.363. The molecule has 0 spiro atoms. The molecule has 0 aromatic carbocycles. The van der Waals surface area contributed by atoms with E-state index in [2.05, 4.69) is 83.1 Å². The first-order chi connectivity index (χ1) is 11.9. The fourth-order valence-electron chi connectivity index (χ4n) is 3.38. The Balaban J connectivity index is -0.000000167. The van der Waals surface area contributed by atoms with Crippen LogP contribution >= 0.6 is 0 Å². The first-order valence-corrected chi connectivity index (χ1v) is 18.5. The van der Waals surface area contributed by atoms with Gasteiger partial charge in [0.15, 0.2) is 0 Å². The Kier molecular flexibility index (Phi) is 16.8. The molecule has 0 heterocycles. The number of hydrogen-bond donors (Lipinski definition) is 2. The fraction of sp³-hybridized carbons (Fsp3) is 1.00. The van der Waals surface area contributed by atoms with Gasteiger partial charge in [-0.15, -0.1) is 0 Å². The Bertz CT molecular complexity index is 384. The molecule has 0 aliphatic rings. The molecule has 0 bridgehead atoms. The van der Waals surface area contributed by atoms with Crippen LogP contribution in [0.2, 0.25) is 23.8 Å². The van der Waals surface area contributed by atoms with Gasteiger partial charge in [-0.05, 0) is 0 Å². The number of rotatable bonds is 0. The molecular formula is C24H58O3SiSn2. The van der Waals surface area contributed by atoms with Gasteiger partial charge < -0.3 is 15.1 Å². The molecule has 0 saturated heterocycles. The zero-order chi connectivity index (χ0) is 24.9. The summed E-state index contributed by atoms with van der Waals surface area (Å²) in [4.78, 5) is 19.8. The Morgan fingerprint density at radius 3 is 0.533 bits per heavy atom. The van der Waals surface area contributed by atoms with Gasteiger partial charge in [0.1, 0.15) is 0 Å². The van der Waals surface area contributed by atoms with Crippen molar-refractivity contribution in [3.8, 4) is 0 Å². The van der Waals surface area contributed by atoms with Crippen molar-refractivity contribution in [3.05, 3.63) is 0 Å². The van der Waals surface area contributed by atoms with Crippen molar-refractivity contribution in [2.45, 2.75) is 148 Å². The Morgan fingerprint density at radius 2 is 0.533 bits per heavy atom. The molecule has 0 rings (SSSR count). The van der Waals surface area contributed by atoms with E-state index in [0.717, 1.165) is 0 Å². The minimum Gasteiger partial charge on any atom is -0.412 e. The molecule has 0 aliphatic heterocycles. The largest absolute Gasteiger partial charge is 0.412 e. The maximum Gasteiger partial charge on any atom is -0.412 e. The molecule has 0 aromatic rings. The van der Waals surface area contributed by atoms with E-state index in [0.29, 0.717) is 13.7 Å². The second kappa shape index (κ2) is 13.0. The van der Waals surface area contributed by atoms with E-state index in [1.807, 2.05) is 41.5 Å². The van der Waals surface area contributed by atoms with Crippen molar-refractivity contribution >= 4 is 50.8 Å². The van der Waals surface area contributed by atoms with Crippen LogP contribution in [0.4, 0.5) is 0 Å². The molecule has 0 aliphatic carbocycles. The Hall–Kier alpha value is 1.69. The zero-order valence-electron chi connectivity index (χ0n) is 23.9. The van der Waals surface area contributed by atoms with Crippen molar-refractivity contribution in [1.82, 2.24) is 0 Å². The van der Waals surface area contributed by atoms with Crippen molar-refractivity contribution in [1.29, 1.82) is 0 Å². The summed E-state index contributed by atoms with van der Waals surface area (Å²) < 4.78 is 2.62. The predicted molar refractivity (Wildman–Crippen MR) is 144 cm³/mol. The minimum absolute atomic E-state index is 0. The van der Waals surface area contributed by atoms with Gasteiger partial charge in [-0.25, -0.2) is 0 Å². The van der Waals surface area contributed by atoms with E-state index in [-0.39, 0.29) is 57.8 Å². The predicted octanol–water partition coefficient (Wildman–Crippen LogP) is 7.44. The van der Waals surface area contributed by atoms with E-state index in [4.69, 9.17) is 0 Å². The summed E-state index contributed by atoms with van der Waals surface area (Å²) in [5.41, 5.74) is 0. The molecule has 184 valence electrons. The van der Waals surface area contributed by atoms with E-state index in [1.54, 1.807) is 0 Å². The van der Waals surface area contributed by atoms with Crippen LogP contribution in [0.25, 0.3) is 0 Å². The molecule has 0 atom stereocenters. The van der Waals surface area contributed by atoms with Gasteiger partial charge in [-0.2, -0.15) is 0 Å². The molecule has 0 fully saturated rings. The topological polar surface area (TPSA) is 72.0 Å². The smallest absolute Gasteiger partial charge is 0.412 e. The third-order valence-corrected chi connectivity index (χ3v) is 16.3. The molecule has 4 N–H and O–H groups in total. The summed E-state index contributed by atoms with van der Waals surface area (Å²) in [5.74, 6) is 0.